The van der Waals surface area contributed by atoms with Crippen molar-refractivity contribution in [3.05, 3.63) is 58.9 Å². The van der Waals surface area contributed by atoms with Gasteiger partial charge < -0.3 is 19.8 Å². The second kappa shape index (κ2) is 8.54. The topological polar surface area (TPSA) is 99.0 Å². The van der Waals surface area contributed by atoms with Gasteiger partial charge in [-0.2, -0.15) is 0 Å². The van der Waals surface area contributed by atoms with E-state index in [0.29, 0.717) is 4.57 Å². The van der Waals surface area contributed by atoms with Gasteiger partial charge in [0.1, 0.15) is 40.7 Å². The van der Waals surface area contributed by atoms with E-state index in [1.54, 1.807) is 6.92 Å². The molecular weight excluding hydrogens is 534 g/mol. The number of fused-ring (bicyclic) bond motifs is 5. The Labute approximate surface area is 228 Å². The number of aromatic nitrogens is 2. The summed E-state index contributed by atoms with van der Waals surface area (Å²) in [5.41, 5.74) is -4.30. The van der Waals surface area contributed by atoms with E-state index in [4.69, 9.17) is 4.11 Å². The van der Waals surface area contributed by atoms with E-state index < -0.39 is 94.8 Å². The number of carbonyl (C=O) groups excluding carboxylic acids is 2. The van der Waals surface area contributed by atoms with E-state index in [1.807, 2.05) is 0 Å². The Balaban J connectivity index is 1.72. The molecule has 9 nitrogen and oxygen atoms in total. The number of carbonyl (C=O) groups is 2. The normalized spacial score (nSPS) is 24.6. The molecule has 0 bridgehead atoms. The number of amides is 2. The van der Waals surface area contributed by atoms with Gasteiger partial charge in [0.05, 0.1) is 17.8 Å². The van der Waals surface area contributed by atoms with Gasteiger partial charge in [-0.3, -0.25) is 19.0 Å². The number of halogens is 4. The third-order valence-electron chi connectivity index (χ3n) is 7.63. The summed E-state index contributed by atoms with van der Waals surface area (Å²) < 4.78 is 84.4. The summed E-state index contributed by atoms with van der Waals surface area (Å²) in [6, 6.07) is 0.143. The van der Waals surface area contributed by atoms with E-state index in [9.17, 15) is 32.7 Å². The van der Waals surface area contributed by atoms with Crippen LogP contribution in [0.2, 0.25) is 0 Å². The predicted molar refractivity (Wildman–Crippen MR) is 138 cm³/mol. The molecule has 1 aromatic carbocycles. The van der Waals surface area contributed by atoms with Crippen molar-refractivity contribution in [2.24, 2.45) is 0 Å². The molecule has 2 amide bonds. The molecule has 0 unspecified atom stereocenters. The number of hydrogen-bond acceptors (Lipinski definition) is 6. The predicted octanol–water partition coefficient (Wildman–Crippen LogP) is 3.20. The number of phenolic OH excluding ortho intramolecular Hbond substituents is 1. The van der Waals surface area contributed by atoms with Gasteiger partial charge in [0.25, 0.3) is 17.4 Å². The van der Waals surface area contributed by atoms with Crippen molar-refractivity contribution < 1.29 is 36.4 Å². The molecule has 0 radical (unpaired) electrons. The number of anilines is 2. The van der Waals surface area contributed by atoms with Crippen LogP contribution in [-0.4, -0.2) is 69.4 Å². The lowest BCUT2D eigenvalue weighted by Crippen LogP contribution is -2.66. The first-order valence-electron chi connectivity index (χ1n) is 13.8. The lowest BCUT2D eigenvalue weighted by Gasteiger charge is -2.49. The number of alkyl halides is 2. The molecular formula is C27H23F4N5O4. The summed E-state index contributed by atoms with van der Waals surface area (Å²) in [7, 11) is 0. The molecule has 1 aliphatic carbocycles. The van der Waals surface area contributed by atoms with Crippen LogP contribution in [0.3, 0.4) is 0 Å². The van der Waals surface area contributed by atoms with Gasteiger partial charge in [0, 0.05) is 35.5 Å². The van der Waals surface area contributed by atoms with E-state index in [-0.39, 0.29) is 29.1 Å². The second-order valence-corrected chi connectivity index (χ2v) is 10.1. The number of rotatable bonds is 3. The average molecular weight is 561 g/mol. The Morgan fingerprint density at radius 1 is 1.23 bits per heavy atom. The van der Waals surface area contributed by atoms with Crippen molar-refractivity contribution in [3.63, 3.8) is 0 Å². The zero-order valence-electron chi connectivity index (χ0n) is 23.9. The van der Waals surface area contributed by atoms with Crippen LogP contribution in [0.5, 0.6) is 5.75 Å². The quantitative estimate of drug-likeness (QED) is 0.390. The lowest BCUT2D eigenvalue weighted by atomic mass is 9.98. The van der Waals surface area contributed by atoms with Crippen molar-refractivity contribution in [1.82, 2.24) is 14.5 Å². The number of aromatic hydroxyl groups is 1. The SMILES string of the molecule is [2H]C([2H])([2H])N1C(=O)[C@H]2CN(C(=O)C=C)[C@H](C)CN2c2c1c(=O)n([C@@H]1CC1(F)F)c1nc(-c3c(O)cccc3F)c(F)cc21. The molecule has 6 rings (SSSR count). The first-order chi connectivity index (χ1) is 20.1. The number of likely N-dealkylation sites (N-methyl/N-ethyl adjacent to an activating group) is 1. The van der Waals surface area contributed by atoms with Crippen LogP contribution in [0.25, 0.3) is 22.3 Å². The highest BCUT2D eigenvalue weighted by molar-refractivity contribution is 6.11. The number of nitrogens with zero attached hydrogens (tertiary/aromatic N) is 5. The molecule has 3 aliphatic rings. The van der Waals surface area contributed by atoms with Crippen molar-refractivity contribution in [1.29, 1.82) is 0 Å². The summed E-state index contributed by atoms with van der Waals surface area (Å²) >= 11 is 0. The van der Waals surface area contributed by atoms with Crippen molar-refractivity contribution in [2.45, 2.75) is 37.4 Å². The number of hydrogen-bond donors (Lipinski definition) is 1. The third kappa shape index (κ3) is 3.52. The highest BCUT2D eigenvalue weighted by Crippen LogP contribution is 2.54. The molecule has 1 N–H and O–H groups in total. The van der Waals surface area contributed by atoms with Crippen LogP contribution in [0, 0.1) is 11.6 Å². The van der Waals surface area contributed by atoms with Gasteiger partial charge in [-0.1, -0.05) is 12.6 Å². The first kappa shape index (κ1) is 22.4. The highest BCUT2D eigenvalue weighted by atomic mass is 19.3. The first-order valence-corrected chi connectivity index (χ1v) is 12.3. The van der Waals surface area contributed by atoms with Crippen LogP contribution < -0.4 is 15.4 Å². The maximum absolute atomic E-state index is 15.8. The maximum atomic E-state index is 15.8. The van der Waals surface area contributed by atoms with Crippen LogP contribution in [0.1, 0.15) is 23.5 Å². The van der Waals surface area contributed by atoms with E-state index in [2.05, 4.69) is 11.6 Å². The standard InChI is InChI=1S/C27H23F4N5O4/c1-4-19(38)34-11-16-25(39)33(3)23-22(35(16)10-12(34)2)13-8-15(29)21(20-14(28)6-5-7-17(20)37)32-24(13)36(26(23)40)18-9-27(18,30)31/h4-8,12,16,18,37H,1,9-11H2,2-3H3/t12-,16-,18-/m1/s1/i3D3. The number of benzene rings is 1. The Hall–Kier alpha value is -4.42. The molecule has 40 heavy (non-hydrogen) atoms. The number of phenols is 1. The molecule has 1 saturated carbocycles. The smallest absolute Gasteiger partial charge is 0.278 e. The molecule has 2 fully saturated rings. The van der Waals surface area contributed by atoms with Crippen molar-refractivity contribution >= 4 is 34.2 Å². The molecule has 3 aromatic rings. The molecule has 0 spiro atoms. The van der Waals surface area contributed by atoms with Gasteiger partial charge in [-0.15, -0.1) is 0 Å². The van der Waals surface area contributed by atoms with E-state index in [0.717, 1.165) is 30.3 Å². The summed E-state index contributed by atoms with van der Waals surface area (Å²) in [5, 5.41) is 10.0. The third-order valence-corrected chi connectivity index (χ3v) is 7.63. The van der Waals surface area contributed by atoms with Crippen LogP contribution in [0.15, 0.2) is 41.7 Å². The highest BCUT2D eigenvalue weighted by Gasteiger charge is 2.60. The van der Waals surface area contributed by atoms with Gasteiger partial charge >= 0.3 is 0 Å². The van der Waals surface area contributed by atoms with E-state index >= 15 is 4.39 Å². The largest absolute Gasteiger partial charge is 0.507 e. The minimum atomic E-state index is -3.42. The molecule has 4 heterocycles. The fraction of sp³-hybridized carbons (Fsp3) is 0.333. The van der Waals surface area contributed by atoms with Crippen LogP contribution >= 0.6 is 0 Å². The Bertz CT molecular complexity index is 1790. The minimum absolute atomic E-state index is 0.132. The molecule has 208 valence electrons. The Kier molecular flexibility index (Phi) is 4.78. The zero-order valence-corrected chi connectivity index (χ0v) is 20.9. The summed E-state index contributed by atoms with van der Waals surface area (Å²) in [4.78, 5) is 47.3. The molecule has 3 atom stereocenters. The van der Waals surface area contributed by atoms with E-state index in [1.165, 1.54) is 9.80 Å². The van der Waals surface area contributed by atoms with Gasteiger partial charge in [-0.05, 0) is 31.2 Å². The van der Waals surface area contributed by atoms with Gasteiger partial charge in [0.2, 0.25) is 5.91 Å². The van der Waals surface area contributed by atoms with Crippen molar-refractivity contribution in [2.75, 3.05) is 29.9 Å². The second-order valence-electron chi connectivity index (χ2n) is 10.1. The number of piperazine rings is 1. The Morgan fingerprint density at radius 3 is 2.58 bits per heavy atom. The number of pyridine rings is 2. The summed E-state index contributed by atoms with van der Waals surface area (Å²) in [5.74, 6) is -8.04. The fourth-order valence-corrected chi connectivity index (χ4v) is 5.58. The summed E-state index contributed by atoms with van der Waals surface area (Å²) in [6.07, 6.45) is 0.196. The van der Waals surface area contributed by atoms with Gasteiger partial charge in [-0.25, -0.2) is 22.5 Å². The molecule has 1 saturated heterocycles. The molecule has 13 heteroatoms. The molecule has 2 aromatic heterocycles. The van der Waals surface area contributed by atoms with Crippen LogP contribution in [0.4, 0.5) is 28.9 Å². The lowest BCUT2D eigenvalue weighted by molar-refractivity contribution is -0.130. The maximum Gasteiger partial charge on any atom is 0.278 e. The average Bonchev–Trinajstić information content (AvgIpc) is 3.54. The summed E-state index contributed by atoms with van der Waals surface area (Å²) in [6.45, 7) is 1.34. The van der Waals surface area contributed by atoms with Crippen molar-refractivity contribution in [3.8, 4) is 17.0 Å². The zero-order chi connectivity index (χ0) is 31.3. The molecule has 2 aliphatic heterocycles. The monoisotopic (exact) mass is 560 g/mol. The minimum Gasteiger partial charge on any atom is -0.507 e. The Morgan fingerprint density at radius 2 is 1.95 bits per heavy atom. The van der Waals surface area contributed by atoms with Crippen LogP contribution in [-0.2, 0) is 9.59 Å². The fourth-order valence-electron chi connectivity index (χ4n) is 5.58. The van der Waals surface area contributed by atoms with Gasteiger partial charge in [0.15, 0.2) is 5.82 Å².